The fourth-order valence-corrected chi connectivity index (χ4v) is 8.24. The molecule has 0 atom stereocenters. The second-order valence-electron chi connectivity index (χ2n) is 10.8. The molecule has 0 aliphatic heterocycles. The molecule has 1 N–H and O–H groups in total. The number of hydrogen-bond donors (Lipinski definition) is 1. The minimum atomic E-state index is 0.238. The van der Waals surface area contributed by atoms with E-state index in [-0.39, 0.29) is 5.54 Å². The summed E-state index contributed by atoms with van der Waals surface area (Å²) in [7, 11) is 0. The molecule has 4 aliphatic rings. The maximum absolute atomic E-state index is 5.95. The van der Waals surface area contributed by atoms with Crippen molar-refractivity contribution in [1.82, 2.24) is 4.57 Å². The van der Waals surface area contributed by atoms with Crippen LogP contribution in [0, 0.1) is 17.8 Å². The highest BCUT2D eigenvalue weighted by molar-refractivity contribution is 7.07. The van der Waals surface area contributed by atoms with Crippen LogP contribution >= 0.6 is 22.9 Å². The second-order valence-corrected chi connectivity index (χ2v) is 12.0. The highest BCUT2D eigenvalue weighted by atomic mass is 35.5. The Morgan fingerprint density at radius 3 is 2.17 bits per heavy atom. The Morgan fingerprint density at radius 1 is 0.971 bits per heavy atom. The van der Waals surface area contributed by atoms with Crippen molar-refractivity contribution in [1.29, 1.82) is 0 Å². The monoisotopic (exact) mass is 507 g/mol. The van der Waals surface area contributed by atoms with Gasteiger partial charge in [0.1, 0.15) is 11.5 Å². The number of rotatable bonds is 8. The zero-order chi connectivity index (χ0) is 23.8. The van der Waals surface area contributed by atoms with Crippen molar-refractivity contribution in [2.75, 3.05) is 11.9 Å². The first-order valence-corrected chi connectivity index (χ1v) is 14.3. The van der Waals surface area contributed by atoms with Gasteiger partial charge in [-0.15, -0.1) is 11.3 Å². The normalized spacial score (nSPS) is 27.4. The van der Waals surface area contributed by atoms with Gasteiger partial charge in [0.2, 0.25) is 0 Å². The van der Waals surface area contributed by atoms with E-state index in [4.69, 9.17) is 21.3 Å². The summed E-state index contributed by atoms with van der Waals surface area (Å²) in [5, 5.41) is 6.60. The van der Waals surface area contributed by atoms with Crippen LogP contribution in [0.5, 0.6) is 11.5 Å². The van der Waals surface area contributed by atoms with E-state index < -0.39 is 0 Å². The van der Waals surface area contributed by atoms with E-state index in [9.17, 15) is 0 Å². The molecular formula is C29H34ClN3OS. The first-order chi connectivity index (χ1) is 17.1. The van der Waals surface area contributed by atoms with E-state index in [1.807, 2.05) is 47.7 Å². The lowest BCUT2D eigenvalue weighted by Crippen LogP contribution is -2.50. The quantitative estimate of drug-likeness (QED) is 0.342. The fourth-order valence-electron chi connectivity index (χ4n) is 7.01. The summed E-state index contributed by atoms with van der Waals surface area (Å²) in [6, 6.07) is 15.6. The number of aromatic nitrogens is 1. The molecule has 4 fully saturated rings. The molecule has 0 unspecified atom stereocenters. The van der Waals surface area contributed by atoms with Gasteiger partial charge in [-0.05, 0) is 112 Å². The molecule has 0 saturated heterocycles. The van der Waals surface area contributed by atoms with Gasteiger partial charge in [0, 0.05) is 41.3 Å². The Hall–Kier alpha value is -2.24. The van der Waals surface area contributed by atoms with Crippen LogP contribution in [0.25, 0.3) is 0 Å². The summed E-state index contributed by atoms with van der Waals surface area (Å²) in [6.07, 6.45) is 9.39. The van der Waals surface area contributed by atoms with Crippen LogP contribution in [0.3, 0.4) is 0 Å². The molecule has 0 spiro atoms. The van der Waals surface area contributed by atoms with Gasteiger partial charge >= 0.3 is 0 Å². The predicted molar refractivity (Wildman–Crippen MR) is 145 cm³/mol. The van der Waals surface area contributed by atoms with Crippen molar-refractivity contribution in [2.45, 2.75) is 64.0 Å². The zero-order valence-electron chi connectivity index (χ0n) is 20.4. The Labute approximate surface area is 217 Å². The number of hydrogen-bond acceptors (Lipinski definition) is 4. The van der Waals surface area contributed by atoms with Crippen LogP contribution in [0.1, 0.15) is 51.1 Å². The lowest BCUT2D eigenvalue weighted by atomic mass is 9.53. The van der Waals surface area contributed by atoms with Crippen molar-refractivity contribution in [3.8, 4) is 11.5 Å². The van der Waals surface area contributed by atoms with Gasteiger partial charge < -0.3 is 14.6 Å². The molecule has 0 amide bonds. The van der Waals surface area contributed by atoms with Gasteiger partial charge in [-0.25, -0.2) is 0 Å². The van der Waals surface area contributed by atoms with Gasteiger partial charge in [-0.3, -0.25) is 4.99 Å². The van der Waals surface area contributed by atoms with Crippen molar-refractivity contribution >= 4 is 28.6 Å². The van der Waals surface area contributed by atoms with Crippen molar-refractivity contribution in [3.05, 3.63) is 69.4 Å². The molecule has 3 aromatic rings. The summed E-state index contributed by atoms with van der Waals surface area (Å²) in [5.41, 5.74) is 2.73. The Balaban J connectivity index is 1.08. The van der Waals surface area contributed by atoms with Crippen LogP contribution in [-0.2, 0) is 13.0 Å². The molecule has 0 radical (unpaired) electrons. The SMILES string of the molecule is CCn1c(CCNc2ccc(Oc3ccc(Cl)cc3)cc2)csc1=NC12CC3CC(CC(C3)C1)C2. The number of anilines is 1. The number of nitrogens with one attached hydrogen (secondary N) is 1. The van der Waals surface area contributed by atoms with E-state index >= 15 is 0 Å². The minimum absolute atomic E-state index is 0.238. The molecule has 4 nitrogen and oxygen atoms in total. The third kappa shape index (κ3) is 5.03. The molecule has 2 aromatic carbocycles. The van der Waals surface area contributed by atoms with Crippen molar-refractivity contribution < 1.29 is 4.74 Å². The third-order valence-electron chi connectivity index (χ3n) is 8.15. The fraction of sp³-hybridized carbons (Fsp3) is 0.483. The Kier molecular flexibility index (Phi) is 6.40. The summed E-state index contributed by atoms with van der Waals surface area (Å²) in [6.45, 7) is 4.13. The Morgan fingerprint density at radius 2 is 1.57 bits per heavy atom. The first-order valence-electron chi connectivity index (χ1n) is 13.1. The number of nitrogens with zero attached hydrogens (tertiary/aromatic N) is 2. The summed E-state index contributed by atoms with van der Waals surface area (Å²) < 4.78 is 8.35. The van der Waals surface area contributed by atoms with Crippen molar-refractivity contribution in [3.63, 3.8) is 0 Å². The van der Waals surface area contributed by atoms with E-state index in [0.29, 0.717) is 5.02 Å². The second kappa shape index (κ2) is 9.67. The molecule has 6 heteroatoms. The smallest absolute Gasteiger partial charge is 0.185 e. The van der Waals surface area contributed by atoms with Gasteiger partial charge in [0.15, 0.2) is 4.80 Å². The Bertz CT molecular complexity index is 1190. The van der Waals surface area contributed by atoms with Crippen LogP contribution in [0.2, 0.25) is 5.02 Å². The molecule has 1 aromatic heterocycles. The average Bonchev–Trinajstić information content (AvgIpc) is 3.21. The standard InChI is InChI=1S/C29H34ClN3OS/c1-2-33-25(19-35-28(33)32-29-16-20-13-21(17-29)15-22(14-20)18-29)11-12-31-24-5-9-27(10-6-24)34-26-7-3-23(30)4-8-26/h3-10,19-22,31H,2,11-18H2,1H3. The lowest BCUT2D eigenvalue weighted by molar-refractivity contribution is -0.000398. The van der Waals surface area contributed by atoms with Crippen LogP contribution < -0.4 is 14.9 Å². The maximum Gasteiger partial charge on any atom is 0.185 e. The maximum atomic E-state index is 5.95. The highest BCUT2D eigenvalue weighted by Crippen LogP contribution is 2.57. The van der Waals surface area contributed by atoms with Gasteiger partial charge in [-0.1, -0.05) is 11.6 Å². The molecular weight excluding hydrogens is 474 g/mol. The molecule has 4 saturated carbocycles. The zero-order valence-corrected chi connectivity index (χ0v) is 22.0. The van der Waals surface area contributed by atoms with Crippen LogP contribution in [-0.4, -0.2) is 16.7 Å². The molecule has 7 rings (SSSR count). The third-order valence-corrected chi connectivity index (χ3v) is 9.31. The molecule has 35 heavy (non-hydrogen) atoms. The first kappa shape index (κ1) is 23.2. The van der Waals surface area contributed by atoms with Crippen molar-refractivity contribution in [2.24, 2.45) is 22.7 Å². The largest absolute Gasteiger partial charge is 0.457 e. The molecule has 4 bridgehead atoms. The highest BCUT2D eigenvalue weighted by Gasteiger charge is 2.51. The van der Waals surface area contributed by atoms with Crippen LogP contribution in [0.4, 0.5) is 5.69 Å². The average molecular weight is 508 g/mol. The summed E-state index contributed by atoms with van der Waals surface area (Å²) in [5.74, 6) is 4.41. The summed E-state index contributed by atoms with van der Waals surface area (Å²) in [4.78, 5) is 6.74. The number of thiazole rings is 1. The van der Waals surface area contributed by atoms with Crippen LogP contribution in [0.15, 0.2) is 58.9 Å². The molecule has 1 heterocycles. The van der Waals surface area contributed by atoms with E-state index in [0.717, 1.165) is 54.5 Å². The van der Waals surface area contributed by atoms with Gasteiger partial charge in [-0.2, -0.15) is 0 Å². The predicted octanol–water partition coefficient (Wildman–Crippen LogP) is 7.54. The number of ether oxygens (including phenoxy) is 1. The van der Waals surface area contributed by atoms with Gasteiger partial charge in [0.05, 0.1) is 5.54 Å². The lowest BCUT2D eigenvalue weighted by Gasteiger charge is -2.54. The minimum Gasteiger partial charge on any atom is -0.457 e. The number of halogens is 1. The van der Waals surface area contributed by atoms with E-state index in [2.05, 4.69) is 34.3 Å². The van der Waals surface area contributed by atoms with E-state index in [1.165, 1.54) is 49.0 Å². The molecule has 184 valence electrons. The molecule has 4 aliphatic carbocycles. The number of benzene rings is 2. The van der Waals surface area contributed by atoms with E-state index in [1.54, 1.807) is 0 Å². The topological polar surface area (TPSA) is 38.5 Å². The summed E-state index contributed by atoms with van der Waals surface area (Å²) >= 11 is 7.79. The van der Waals surface area contributed by atoms with Gasteiger partial charge in [0.25, 0.3) is 0 Å².